The van der Waals surface area contributed by atoms with Crippen molar-refractivity contribution in [3.63, 3.8) is 0 Å². The molecule has 1 N–H and O–H groups in total. The highest BCUT2D eigenvalue weighted by atomic mass is 16.2. The van der Waals surface area contributed by atoms with Crippen LogP contribution in [0.3, 0.4) is 0 Å². The monoisotopic (exact) mass is 423 g/mol. The molecule has 4 amide bonds. The van der Waals surface area contributed by atoms with Crippen LogP contribution < -0.4 is 5.32 Å². The number of hydrazine groups is 1. The number of hydrogen-bond donors (Lipinski definition) is 1. The number of carbonyl (C=O) groups is 3. The Morgan fingerprint density at radius 1 is 1.10 bits per heavy atom. The lowest BCUT2D eigenvalue weighted by molar-refractivity contribution is -0.156. The van der Waals surface area contributed by atoms with Crippen molar-refractivity contribution in [3.8, 4) is 0 Å². The first-order chi connectivity index (χ1) is 15.0. The Morgan fingerprint density at radius 3 is 2.29 bits per heavy atom. The van der Waals surface area contributed by atoms with E-state index in [1.165, 1.54) is 9.91 Å². The Hall–Kier alpha value is -3.39. The highest BCUT2D eigenvalue weighted by molar-refractivity contribution is 5.82. The van der Waals surface area contributed by atoms with Gasteiger partial charge in [-0.1, -0.05) is 67.6 Å². The Bertz CT molecular complexity index is 877. The van der Waals surface area contributed by atoms with Crippen LogP contribution in [0.5, 0.6) is 0 Å². The first-order valence-corrected chi connectivity index (χ1v) is 10.4. The third-order valence-electron chi connectivity index (χ3n) is 5.39. The quantitative estimate of drug-likeness (QED) is 0.520. The van der Waals surface area contributed by atoms with Crippen LogP contribution >= 0.6 is 0 Å². The van der Waals surface area contributed by atoms with Crippen molar-refractivity contribution in [2.75, 3.05) is 26.7 Å². The van der Waals surface area contributed by atoms with Crippen molar-refractivity contribution in [3.05, 3.63) is 71.8 Å². The van der Waals surface area contributed by atoms with E-state index in [9.17, 15) is 14.4 Å². The standard InChI is InChI=1S/C23H29N5O3/c1-3-25(2)28(23(31)24-14-19-10-6-4-7-11-19)21-16-26(22(30)17-27(21)18-29)15-20-12-8-5-9-13-20/h4-13,18,21H,3,14-17H2,1-2H3,(H,24,31). The van der Waals surface area contributed by atoms with Gasteiger partial charge in [0, 0.05) is 26.7 Å². The number of benzene rings is 2. The molecule has 0 saturated carbocycles. The molecule has 1 fully saturated rings. The van der Waals surface area contributed by atoms with Gasteiger partial charge in [-0.05, 0) is 11.1 Å². The van der Waals surface area contributed by atoms with Gasteiger partial charge in [0.05, 0.1) is 6.54 Å². The van der Waals surface area contributed by atoms with E-state index in [0.717, 1.165) is 11.1 Å². The second kappa shape index (κ2) is 10.6. The van der Waals surface area contributed by atoms with Crippen LogP contribution in [0.15, 0.2) is 60.7 Å². The highest BCUT2D eigenvalue weighted by Crippen LogP contribution is 2.18. The fourth-order valence-corrected chi connectivity index (χ4v) is 3.57. The Balaban J connectivity index is 1.78. The molecule has 8 heteroatoms. The molecular formula is C23H29N5O3. The molecule has 1 aliphatic rings. The number of piperazine rings is 1. The summed E-state index contributed by atoms with van der Waals surface area (Å²) in [5, 5.41) is 6.22. The number of carbonyl (C=O) groups excluding carboxylic acids is 3. The van der Waals surface area contributed by atoms with E-state index in [-0.39, 0.29) is 25.0 Å². The molecule has 31 heavy (non-hydrogen) atoms. The van der Waals surface area contributed by atoms with Gasteiger partial charge in [0.1, 0.15) is 12.7 Å². The van der Waals surface area contributed by atoms with Crippen molar-refractivity contribution >= 4 is 18.3 Å². The molecule has 8 nitrogen and oxygen atoms in total. The summed E-state index contributed by atoms with van der Waals surface area (Å²) in [7, 11) is 1.79. The van der Waals surface area contributed by atoms with Crippen LogP contribution in [0.1, 0.15) is 18.1 Å². The summed E-state index contributed by atoms with van der Waals surface area (Å²) in [6, 6.07) is 19.0. The minimum Gasteiger partial charge on any atom is -0.333 e. The molecule has 1 atom stereocenters. The van der Waals surface area contributed by atoms with Crippen LogP contribution in [-0.2, 0) is 22.7 Å². The Kier molecular flexibility index (Phi) is 7.61. The molecule has 164 valence electrons. The first kappa shape index (κ1) is 22.3. The minimum absolute atomic E-state index is 0.0684. The van der Waals surface area contributed by atoms with Gasteiger partial charge in [-0.15, -0.1) is 0 Å². The molecule has 1 saturated heterocycles. The van der Waals surface area contributed by atoms with Crippen molar-refractivity contribution in [1.29, 1.82) is 0 Å². The first-order valence-electron chi connectivity index (χ1n) is 10.4. The maximum absolute atomic E-state index is 13.2. The van der Waals surface area contributed by atoms with Gasteiger partial charge in [-0.3, -0.25) is 9.59 Å². The zero-order chi connectivity index (χ0) is 22.2. The highest BCUT2D eigenvalue weighted by Gasteiger charge is 2.38. The van der Waals surface area contributed by atoms with Gasteiger partial charge in [0.2, 0.25) is 12.3 Å². The molecule has 0 spiro atoms. The smallest absolute Gasteiger partial charge is 0.333 e. The number of nitrogens with one attached hydrogen (secondary N) is 1. The van der Waals surface area contributed by atoms with E-state index in [1.807, 2.05) is 67.6 Å². The predicted molar refractivity (Wildman–Crippen MR) is 117 cm³/mol. The molecule has 2 aromatic rings. The van der Waals surface area contributed by atoms with E-state index in [4.69, 9.17) is 0 Å². The largest absolute Gasteiger partial charge is 0.334 e. The number of urea groups is 1. The number of rotatable bonds is 8. The van der Waals surface area contributed by atoms with E-state index >= 15 is 0 Å². The number of amides is 4. The average molecular weight is 424 g/mol. The minimum atomic E-state index is -0.598. The van der Waals surface area contributed by atoms with E-state index in [2.05, 4.69) is 5.32 Å². The Morgan fingerprint density at radius 2 is 1.71 bits per heavy atom. The van der Waals surface area contributed by atoms with Crippen molar-refractivity contribution in [1.82, 2.24) is 25.1 Å². The molecular weight excluding hydrogens is 394 g/mol. The van der Waals surface area contributed by atoms with Crippen molar-refractivity contribution in [2.24, 2.45) is 0 Å². The summed E-state index contributed by atoms with van der Waals surface area (Å²) in [5.41, 5.74) is 1.98. The van der Waals surface area contributed by atoms with E-state index in [0.29, 0.717) is 26.0 Å². The maximum Gasteiger partial charge on any atom is 0.334 e. The summed E-state index contributed by atoms with van der Waals surface area (Å²) in [4.78, 5) is 40.7. The summed E-state index contributed by atoms with van der Waals surface area (Å²) in [6.45, 7) is 3.45. The molecule has 0 radical (unpaired) electrons. The normalized spacial score (nSPS) is 16.4. The molecule has 1 aliphatic heterocycles. The fraction of sp³-hybridized carbons (Fsp3) is 0.348. The van der Waals surface area contributed by atoms with Gasteiger partial charge in [-0.2, -0.15) is 0 Å². The molecule has 1 unspecified atom stereocenters. The van der Waals surface area contributed by atoms with Crippen LogP contribution in [0, 0.1) is 0 Å². The molecule has 0 bridgehead atoms. The van der Waals surface area contributed by atoms with E-state index in [1.54, 1.807) is 17.0 Å². The molecule has 0 aliphatic carbocycles. The van der Waals surface area contributed by atoms with Gasteiger partial charge >= 0.3 is 6.03 Å². The van der Waals surface area contributed by atoms with Crippen molar-refractivity contribution in [2.45, 2.75) is 26.2 Å². The topological polar surface area (TPSA) is 76.2 Å². The Labute approximate surface area is 183 Å². The van der Waals surface area contributed by atoms with Crippen LogP contribution in [-0.4, -0.2) is 71.0 Å². The second-order valence-corrected chi connectivity index (χ2v) is 7.48. The molecule has 1 heterocycles. The molecule has 2 aromatic carbocycles. The van der Waals surface area contributed by atoms with Crippen LogP contribution in [0.25, 0.3) is 0 Å². The van der Waals surface area contributed by atoms with Crippen LogP contribution in [0.2, 0.25) is 0 Å². The average Bonchev–Trinajstić information content (AvgIpc) is 2.80. The summed E-state index contributed by atoms with van der Waals surface area (Å²) >= 11 is 0. The summed E-state index contributed by atoms with van der Waals surface area (Å²) in [6.07, 6.45) is 0.0447. The van der Waals surface area contributed by atoms with Gasteiger partial charge in [-0.25, -0.2) is 14.8 Å². The maximum atomic E-state index is 13.2. The third kappa shape index (κ3) is 5.61. The van der Waals surface area contributed by atoms with Gasteiger partial charge in [0.15, 0.2) is 0 Å². The van der Waals surface area contributed by atoms with Crippen molar-refractivity contribution < 1.29 is 14.4 Å². The molecule has 3 rings (SSSR count). The molecule has 0 aromatic heterocycles. The second-order valence-electron chi connectivity index (χ2n) is 7.48. The number of nitrogens with zero attached hydrogens (tertiary/aromatic N) is 4. The SMILES string of the molecule is CCN(C)N(C(=O)NCc1ccccc1)C1CN(Cc2ccccc2)C(=O)CN1C=O. The summed E-state index contributed by atoms with van der Waals surface area (Å²) < 4.78 is 0. The number of hydrogen-bond acceptors (Lipinski definition) is 4. The lowest BCUT2D eigenvalue weighted by atomic mass is 10.1. The lowest BCUT2D eigenvalue weighted by Crippen LogP contribution is -2.67. The van der Waals surface area contributed by atoms with Crippen LogP contribution in [0.4, 0.5) is 4.79 Å². The van der Waals surface area contributed by atoms with Gasteiger partial charge in [0.25, 0.3) is 0 Å². The lowest BCUT2D eigenvalue weighted by Gasteiger charge is -2.46. The third-order valence-corrected chi connectivity index (χ3v) is 5.39. The predicted octanol–water partition coefficient (Wildman–Crippen LogP) is 1.89. The zero-order valence-corrected chi connectivity index (χ0v) is 18.0. The zero-order valence-electron chi connectivity index (χ0n) is 18.0. The summed E-state index contributed by atoms with van der Waals surface area (Å²) in [5.74, 6) is -0.143. The van der Waals surface area contributed by atoms with E-state index < -0.39 is 6.17 Å². The fourth-order valence-electron chi connectivity index (χ4n) is 3.57. The van der Waals surface area contributed by atoms with Gasteiger partial charge < -0.3 is 15.1 Å².